The van der Waals surface area contributed by atoms with E-state index in [1.807, 2.05) is 42.5 Å². The van der Waals surface area contributed by atoms with Crippen LogP contribution in [0.1, 0.15) is 31.8 Å². The Morgan fingerprint density at radius 1 is 0.969 bits per heavy atom. The number of nitrogens with one attached hydrogen (secondary N) is 1. The molecule has 7 heteroatoms. The molecule has 0 radical (unpaired) electrons. The SMILES string of the molecule is CN(C)C(=O)c1ccc(N2CCN(CCNC(=O)c3ccc4c(c3)CCOC4)CC2)cc1. The van der Waals surface area contributed by atoms with Gasteiger partial charge in [-0.05, 0) is 53.9 Å². The smallest absolute Gasteiger partial charge is 0.253 e. The Kier molecular flexibility index (Phi) is 7.07. The summed E-state index contributed by atoms with van der Waals surface area (Å²) in [6.07, 6.45) is 0.870. The van der Waals surface area contributed by atoms with Crippen molar-refractivity contribution in [3.05, 3.63) is 64.7 Å². The summed E-state index contributed by atoms with van der Waals surface area (Å²) >= 11 is 0. The number of hydrogen-bond donors (Lipinski definition) is 1. The van der Waals surface area contributed by atoms with Gasteiger partial charge in [-0.15, -0.1) is 0 Å². The van der Waals surface area contributed by atoms with E-state index in [1.54, 1.807) is 19.0 Å². The van der Waals surface area contributed by atoms with Crippen LogP contribution in [0, 0.1) is 0 Å². The van der Waals surface area contributed by atoms with Crippen molar-refractivity contribution >= 4 is 17.5 Å². The van der Waals surface area contributed by atoms with E-state index in [2.05, 4.69) is 15.1 Å². The largest absolute Gasteiger partial charge is 0.376 e. The maximum absolute atomic E-state index is 12.5. The molecule has 7 nitrogen and oxygen atoms in total. The fourth-order valence-corrected chi connectivity index (χ4v) is 4.24. The predicted octanol–water partition coefficient (Wildman–Crippen LogP) is 2.01. The second-order valence-corrected chi connectivity index (χ2v) is 8.62. The maximum Gasteiger partial charge on any atom is 0.253 e. The minimum absolute atomic E-state index is 0.00899. The van der Waals surface area contributed by atoms with Crippen LogP contribution in [0.15, 0.2) is 42.5 Å². The topological polar surface area (TPSA) is 65.1 Å². The molecule has 0 unspecified atom stereocenters. The Balaban J connectivity index is 1.21. The van der Waals surface area contributed by atoms with E-state index >= 15 is 0 Å². The number of benzene rings is 2. The normalized spacial score (nSPS) is 16.4. The summed E-state index contributed by atoms with van der Waals surface area (Å²) in [5.41, 5.74) is 4.99. The number of anilines is 1. The number of fused-ring (bicyclic) bond motifs is 1. The molecule has 1 fully saturated rings. The summed E-state index contributed by atoms with van der Waals surface area (Å²) in [5, 5.41) is 3.06. The van der Waals surface area contributed by atoms with Crippen molar-refractivity contribution in [2.24, 2.45) is 0 Å². The fraction of sp³-hybridized carbons (Fsp3) is 0.440. The lowest BCUT2D eigenvalue weighted by Gasteiger charge is -2.36. The summed E-state index contributed by atoms with van der Waals surface area (Å²) in [4.78, 5) is 30.9. The first-order valence-corrected chi connectivity index (χ1v) is 11.3. The quantitative estimate of drug-likeness (QED) is 0.751. The number of amides is 2. The van der Waals surface area contributed by atoms with E-state index in [4.69, 9.17) is 4.74 Å². The Labute approximate surface area is 189 Å². The van der Waals surface area contributed by atoms with E-state index < -0.39 is 0 Å². The van der Waals surface area contributed by atoms with Crippen LogP contribution < -0.4 is 10.2 Å². The highest BCUT2D eigenvalue weighted by Gasteiger charge is 2.18. The van der Waals surface area contributed by atoms with Gasteiger partial charge in [0, 0.05) is 70.2 Å². The van der Waals surface area contributed by atoms with Crippen molar-refractivity contribution in [2.45, 2.75) is 13.0 Å². The van der Waals surface area contributed by atoms with E-state index in [1.165, 1.54) is 11.1 Å². The molecule has 0 saturated carbocycles. The van der Waals surface area contributed by atoms with Gasteiger partial charge in [0.25, 0.3) is 11.8 Å². The van der Waals surface area contributed by atoms with Crippen molar-refractivity contribution in [1.29, 1.82) is 0 Å². The van der Waals surface area contributed by atoms with Crippen molar-refractivity contribution in [2.75, 3.05) is 64.9 Å². The molecule has 170 valence electrons. The van der Waals surface area contributed by atoms with Crippen LogP contribution in [0.3, 0.4) is 0 Å². The fourth-order valence-electron chi connectivity index (χ4n) is 4.24. The van der Waals surface area contributed by atoms with Crippen molar-refractivity contribution in [1.82, 2.24) is 15.1 Å². The number of ether oxygens (including phenoxy) is 1. The van der Waals surface area contributed by atoms with Crippen molar-refractivity contribution in [3.8, 4) is 0 Å². The number of carbonyl (C=O) groups is 2. The Morgan fingerprint density at radius 2 is 1.69 bits per heavy atom. The monoisotopic (exact) mass is 436 g/mol. The van der Waals surface area contributed by atoms with Crippen LogP contribution in [-0.4, -0.2) is 81.6 Å². The molecule has 0 bridgehead atoms. The summed E-state index contributed by atoms with van der Waals surface area (Å²) in [6.45, 7) is 6.61. The highest BCUT2D eigenvalue weighted by Crippen LogP contribution is 2.19. The van der Waals surface area contributed by atoms with Gasteiger partial charge in [0.1, 0.15) is 0 Å². The Hall–Kier alpha value is -2.90. The molecule has 2 aliphatic rings. The molecule has 2 heterocycles. The molecule has 0 aromatic heterocycles. The molecule has 2 amide bonds. The lowest BCUT2D eigenvalue weighted by atomic mass is 10.00. The van der Waals surface area contributed by atoms with Gasteiger partial charge in [-0.2, -0.15) is 0 Å². The number of carbonyl (C=O) groups excluding carboxylic acids is 2. The molecule has 1 N–H and O–H groups in total. The Bertz CT molecular complexity index is 950. The van der Waals surface area contributed by atoms with Gasteiger partial charge >= 0.3 is 0 Å². The van der Waals surface area contributed by atoms with Crippen LogP contribution in [-0.2, 0) is 17.8 Å². The minimum Gasteiger partial charge on any atom is -0.376 e. The summed E-state index contributed by atoms with van der Waals surface area (Å²) in [6, 6.07) is 13.7. The zero-order valence-electron chi connectivity index (χ0n) is 19.0. The molecule has 0 aliphatic carbocycles. The van der Waals surface area contributed by atoms with Gasteiger partial charge in [-0.3, -0.25) is 14.5 Å². The van der Waals surface area contributed by atoms with Crippen LogP contribution >= 0.6 is 0 Å². The third kappa shape index (κ3) is 5.29. The predicted molar refractivity (Wildman–Crippen MR) is 125 cm³/mol. The Morgan fingerprint density at radius 3 is 2.41 bits per heavy atom. The van der Waals surface area contributed by atoms with E-state index in [9.17, 15) is 9.59 Å². The van der Waals surface area contributed by atoms with Gasteiger partial charge in [0.05, 0.1) is 13.2 Å². The average Bonchev–Trinajstić information content (AvgIpc) is 2.83. The van der Waals surface area contributed by atoms with Crippen LogP contribution in [0.5, 0.6) is 0 Å². The summed E-state index contributed by atoms with van der Waals surface area (Å²) < 4.78 is 5.46. The van der Waals surface area contributed by atoms with Crippen LogP contribution in [0.25, 0.3) is 0 Å². The molecular formula is C25H32N4O3. The first-order valence-electron chi connectivity index (χ1n) is 11.3. The van der Waals surface area contributed by atoms with E-state index in [0.717, 1.165) is 57.0 Å². The number of rotatable bonds is 6. The molecular weight excluding hydrogens is 404 g/mol. The molecule has 4 rings (SSSR count). The third-order valence-electron chi connectivity index (χ3n) is 6.21. The van der Waals surface area contributed by atoms with Gasteiger partial charge in [0.2, 0.25) is 0 Å². The first-order chi connectivity index (χ1) is 15.5. The maximum atomic E-state index is 12.5. The molecule has 0 atom stereocenters. The molecule has 2 aromatic rings. The van der Waals surface area contributed by atoms with E-state index in [-0.39, 0.29) is 11.8 Å². The molecule has 0 spiro atoms. The summed E-state index contributed by atoms with van der Waals surface area (Å²) in [5.74, 6) is 0.0121. The molecule has 1 saturated heterocycles. The lowest BCUT2D eigenvalue weighted by molar-refractivity contribution is 0.0827. The first kappa shape index (κ1) is 22.3. The zero-order valence-corrected chi connectivity index (χ0v) is 19.0. The van der Waals surface area contributed by atoms with Gasteiger partial charge in [-0.1, -0.05) is 6.07 Å². The molecule has 2 aromatic carbocycles. The highest BCUT2D eigenvalue weighted by atomic mass is 16.5. The number of hydrogen-bond acceptors (Lipinski definition) is 5. The van der Waals surface area contributed by atoms with Gasteiger partial charge < -0.3 is 19.9 Å². The minimum atomic E-state index is -0.00899. The second kappa shape index (κ2) is 10.1. The van der Waals surface area contributed by atoms with Crippen molar-refractivity contribution in [3.63, 3.8) is 0 Å². The number of nitrogens with zero attached hydrogens (tertiary/aromatic N) is 3. The van der Waals surface area contributed by atoms with E-state index in [0.29, 0.717) is 18.7 Å². The average molecular weight is 437 g/mol. The zero-order chi connectivity index (χ0) is 22.5. The van der Waals surface area contributed by atoms with Crippen LogP contribution in [0.4, 0.5) is 5.69 Å². The highest BCUT2D eigenvalue weighted by molar-refractivity contribution is 5.94. The molecule has 2 aliphatic heterocycles. The van der Waals surface area contributed by atoms with Crippen LogP contribution in [0.2, 0.25) is 0 Å². The summed E-state index contributed by atoms with van der Waals surface area (Å²) in [7, 11) is 3.53. The lowest BCUT2D eigenvalue weighted by Crippen LogP contribution is -2.48. The standard InChI is InChI=1S/C25H32N4O3/c1-27(2)25(31)19-5-7-23(8-6-19)29-14-12-28(13-15-29)11-10-26-24(30)21-3-4-22-18-32-16-9-20(22)17-21/h3-8,17H,9-16,18H2,1-2H3,(H,26,30). The second-order valence-electron chi connectivity index (χ2n) is 8.62. The van der Waals surface area contributed by atoms with Gasteiger partial charge in [0.15, 0.2) is 0 Å². The molecule has 32 heavy (non-hydrogen) atoms. The van der Waals surface area contributed by atoms with Crippen molar-refractivity contribution < 1.29 is 14.3 Å². The third-order valence-corrected chi connectivity index (χ3v) is 6.21. The van der Waals surface area contributed by atoms with Gasteiger partial charge in [-0.25, -0.2) is 0 Å². The number of piperazine rings is 1.